The number of nitrogens with zero attached hydrogens (tertiary/aromatic N) is 5. The van der Waals surface area contributed by atoms with E-state index in [2.05, 4.69) is 15.5 Å². The lowest BCUT2D eigenvalue weighted by atomic mass is 9.85. The van der Waals surface area contributed by atoms with Crippen LogP contribution in [0.2, 0.25) is 5.02 Å². The highest BCUT2D eigenvalue weighted by atomic mass is 35.5. The van der Waals surface area contributed by atoms with Crippen molar-refractivity contribution in [2.24, 2.45) is 11.1 Å². The Morgan fingerprint density at radius 2 is 1.94 bits per heavy atom. The molecule has 4 N–H and O–H groups in total. The molecule has 254 valence electrons. The Kier molecular flexibility index (Phi) is 9.94. The smallest absolute Gasteiger partial charge is 0.249 e. The van der Waals surface area contributed by atoms with Crippen LogP contribution in [0.4, 0.5) is 11.4 Å². The fourth-order valence-electron chi connectivity index (χ4n) is 5.86. The Labute approximate surface area is 283 Å². The number of nitrogens with one attached hydrogen (secondary N) is 1. The molecule has 13 nitrogen and oxygen atoms in total. The number of nitrogens with two attached hydrogens (primary N) is 1. The van der Waals surface area contributed by atoms with E-state index < -0.39 is 47.9 Å². The number of aromatic nitrogens is 3. The van der Waals surface area contributed by atoms with Crippen LogP contribution in [-0.4, -0.2) is 73.8 Å². The highest BCUT2D eigenvalue weighted by molar-refractivity contribution is 6.32. The Morgan fingerprint density at radius 3 is 2.54 bits per heavy atom. The number of β-amino-alcohol motifs (C(OH)–C–C–N with tert-alkyl or cyclic N) is 1. The highest BCUT2D eigenvalue weighted by Crippen LogP contribution is 2.37. The second kappa shape index (κ2) is 13.8. The molecule has 0 saturated carbocycles. The lowest BCUT2D eigenvalue weighted by Crippen LogP contribution is -2.58. The van der Waals surface area contributed by atoms with Crippen LogP contribution in [0.3, 0.4) is 0 Å². The van der Waals surface area contributed by atoms with Crippen LogP contribution >= 0.6 is 11.6 Å². The summed E-state index contributed by atoms with van der Waals surface area (Å²) >= 11 is 6.75. The molecule has 5 rings (SSSR count). The van der Waals surface area contributed by atoms with Gasteiger partial charge in [0.25, 0.3) is 0 Å². The summed E-state index contributed by atoms with van der Waals surface area (Å²) in [7, 11) is 0. The van der Waals surface area contributed by atoms with Crippen LogP contribution in [0, 0.1) is 26.2 Å². The minimum atomic E-state index is -1.04. The van der Waals surface area contributed by atoms with Gasteiger partial charge < -0.3 is 30.1 Å². The number of imidazole rings is 1. The molecule has 0 bridgehead atoms. The third-order valence-corrected chi connectivity index (χ3v) is 8.63. The third kappa shape index (κ3) is 7.23. The van der Waals surface area contributed by atoms with E-state index in [9.17, 15) is 19.5 Å². The van der Waals surface area contributed by atoms with Gasteiger partial charge in [-0.3, -0.25) is 19.2 Å². The maximum atomic E-state index is 13.7. The number of carbonyl (C=O) groups is 3. The van der Waals surface area contributed by atoms with Gasteiger partial charge in [-0.1, -0.05) is 49.7 Å². The number of hydrogen-bond acceptors (Lipinski definition) is 9. The van der Waals surface area contributed by atoms with Gasteiger partial charge in [-0.25, -0.2) is 10.0 Å². The first-order chi connectivity index (χ1) is 22.6. The number of halogens is 1. The number of amides is 3. The lowest BCUT2D eigenvalue weighted by molar-refractivity contribution is -0.144. The highest BCUT2D eigenvalue weighted by Gasteiger charge is 2.44. The predicted octanol–water partition coefficient (Wildman–Crippen LogP) is 4.15. The molecule has 3 heterocycles. The van der Waals surface area contributed by atoms with Crippen molar-refractivity contribution in [3.05, 3.63) is 77.2 Å². The zero-order valence-corrected chi connectivity index (χ0v) is 28.5. The SMILES string of the molecule is Cc1ccc(-c2c(C)noc2C)cc1N(OCC(=O)N[C@H](C(=O)N1C[C@H](O)C[C@H]1C(N)=O)C(C)(C)C)c1ccc(-n2ccnc2)c(Cl)c1. The summed E-state index contributed by atoms with van der Waals surface area (Å²) in [6.45, 7) is 10.5. The molecule has 3 amide bonds. The molecular formula is C34H40ClN7O6. The number of aryl methyl sites for hydroxylation is 3. The lowest BCUT2D eigenvalue weighted by Gasteiger charge is -2.35. The van der Waals surface area contributed by atoms with Crippen molar-refractivity contribution in [2.45, 2.75) is 66.2 Å². The fourth-order valence-corrected chi connectivity index (χ4v) is 6.13. The number of aliphatic hydroxyl groups excluding tert-OH is 1. The largest absolute Gasteiger partial charge is 0.391 e. The summed E-state index contributed by atoms with van der Waals surface area (Å²) in [6, 6.07) is 9.15. The van der Waals surface area contributed by atoms with Crippen molar-refractivity contribution in [1.29, 1.82) is 0 Å². The summed E-state index contributed by atoms with van der Waals surface area (Å²) in [4.78, 5) is 50.9. The van der Waals surface area contributed by atoms with Crippen molar-refractivity contribution in [1.82, 2.24) is 24.9 Å². The van der Waals surface area contributed by atoms with Gasteiger partial charge in [-0.2, -0.15) is 0 Å². The molecule has 1 saturated heterocycles. The summed E-state index contributed by atoms with van der Waals surface area (Å²) in [5, 5.41) is 19.0. The number of rotatable bonds is 10. The minimum Gasteiger partial charge on any atom is -0.391 e. The third-order valence-electron chi connectivity index (χ3n) is 8.33. The number of primary amides is 1. The maximum absolute atomic E-state index is 13.7. The van der Waals surface area contributed by atoms with Crippen molar-refractivity contribution in [3.8, 4) is 16.8 Å². The maximum Gasteiger partial charge on any atom is 0.249 e. The van der Waals surface area contributed by atoms with Gasteiger partial charge >= 0.3 is 0 Å². The van der Waals surface area contributed by atoms with Crippen LogP contribution in [0.5, 0.6) is 0 Å². The number of hydrogen-bond donors (Lipinski definition) is 3. The Hall–Kier alpha value is -4.72. The van der Waals surface area contributed by atoms with E-state index in [1.54, 1.807) is 50.1 Å². The molecule has 1 aliphatic rings. The Morgan fingerprint density at radius 1 is 1.19 bits per heavy atom. The average Bonchev–Trinajstić information content (AvgIpc) is 3.77. The predicted molar refractivity (Wildman–Crippen MR) is 180 cm³/mol. The first-order valence-electron chi connectivity index (χ1n) is 15.5. The molecule has 2 aromatic carbocycles. The van der Waals surface area contributed by atoms with E-state index in [4.69, 9.17) is 26.7 Å². The minimum absolute atomic E-state index is 0.0402. The van der Waals surface area contributed by atoms with E-state index in [-0.39, 0.29) is 13.0 Å². The zero-order valence-electron chi connectivity index (χ0n) is 27.7. The van der Waals surface area contributed by atoms with Crippen molar-refractivity contribution < 1.29 is 28.9 Å². The van der Waals surface area contributed by atoms with Gasteiger partial charge in [0.2, 0.25) is 17.7 Å². The number of likely N-dealkylation sites (tertiary alicyclic amines) is 1. The molecule has 1 aliphatic heterocycles. The Bertz CT molecular complexity index is 1800. The van der Waals surface area contributed by atoms with E-state index >= 15 is 0 Å². The molecule has 1 fully saturated rings. The first kappa shape index (κ1) is 34.6. The van der Waals surface area contributed by atoms with Gasteiger partial charge in [0.1, 0.15) is 17.8 Å². The van der Waals surface area contributed by atoms with E-state index in [0.29, 0.717) is 27.8 Å². The van der Waals surface area contributed by atoms with E-state index in [1.807, 2.05) is 51.1 Å². The molecular weight excluding hydrogens is 638 g/mol. The monoisotopic (exact) mass is 677 g/mol. The normalized spacial score (nSPS) is 17.0. The molecule has 0 spiro atoms. The standard InChI is InChI=1S/C34H40ClN7O6/c1-19-7-8-22(30-20(2)39-48-21(30)3)13-27(19)42(23-9-10-26(25(35)14-23)40-12-11-37-18-40)47-17-29(44)38-31(34(4,5)6)33(46)41-16-24(43)15-28(41)32(36)45/h7-14,18,24,28,31,43H,15-17H2,1-6H3,(H2,36,45)(H,38,44)/t24-,28+,31-/m1/s1. The quantitative estimate of drug-likeness (QED) is 0.209. The van der Waals surface area contributed by atoms with Gasteiger partial charge in [-0.15, -0.1) is 0 Å². The summed E-state index contributed by atoms with van der Waals surface area (Å²) in [5.74, 6) is -1.16. The van der Waals surface area contributed by atoms with Gasteiger partial charge in [0.05, 0.1) is 40.2 Å². The van der Waals surface area contributed by atoms with Crippen molar-refractivity contribution in [3.63, 3.8) is 0 Å². The molecule has 0 aliphatic carbocycles. The summed E-state index contributed by atoms with van der Waals surface area (Å²) in [5.41, 5.74) is 9.89. The van der Waals surface area contributed by atoms with Crippen LogP contribution < -0.4 is 16.1 Å². The van der Waals surface area contributed by atoms with Crippen LogP contribution in [0.1, 0.15) is 44.2 Å². The topological polar surface area (TPSA) is 169 Å². The van der Waals surface area contributed by atoms with Gasteiger partial charge in [-0.05, 0) is 61.6 Å². The van der Waals surface area contributed by atoms with Crippen LogP contribution in [0.15, 0.2) is 59.6 Å². The molecule has 14 heteroatoms. The average molecular weight is 678 g/mol. The number of carbonyl (C=O) groups excluding carboxylic acids is 3. The second-order valence-corrected chi connectivity index (χ2v) is 13.4. The molecule has 4 aromatic rings. The number of anilines is 2. The fraction of sp³-hybridized carbons (Fsp3) is 0.382. The zero-order chi connectivity index (χ0) is 34.9. The van der Waals surface area contributed by atoms with Gasteiger partial charge in [0.15, 0.2) is 6.61 Å². The summed E-state index contributed by atoms with van der Waals surface area (Å²) < 4.78 is 7.19. The molecule has 0 unspecified atom stereocenters. The molecule has 3 atom stereocenters. The van der Waals surface area contributed by atoms with Crippen LogP contribution in [0.25, 0.3) is 16.8 Å². The molecule has 2 aromatic heterocycles. The Balaban J connectivity index is 1.46. The van der Waals surface area contributed by atoms with E-state index in [1.165, 1.54) is 9.96 Å². The molecule has 0 radical (unpaired) electrons. The summed E-state index contributed by atoms with van der Waals surface area (Å²) in [6.07, 6.45) is 4.21. The van der Waals surface area contributed by atoms with Crippen molar-refractivity contribution >= 4 is 40.7 Å². The molecule has 48 heavy (non-hydrogen) atoms. The second-order valence-electron chi connectivity index (χ2n) is 13.0. The van der Waals surface area contributed by atoms with Gasteiger partial charge in [0, 0.05) is 30.9 Å². The number of aliphatic hydroxyl groups is 1. The van der Waals surface area contributed by atoms with E-state index in [0.717, 1.165) is 22.4 Å². The number of benzene rings is 2. The van der Waals surface area contributed by atoms with Crippen molar-refractivity contribution in [2.75, 3.05) is 18.2 Å². The van der Waals surface area contributed by atoms with Crippen LogP contribution in [-0.2, 0) is 19.2 Å². The first-order valence-corrected chi connectivity index (χ1v) is 15.9.